The summed E-state index contributed by atoms with van der Waals surface area (Å²) in [6.45, 7) is 5.93. The van der Waals surface area contributed by atoms with E-state index in [-0.39, 0.29) is 16.8 Å². The Morgan fingerprint density at radius 2 is 2.06 bits per heavy atom. The van der Waals surface area contributed by atoms with Crippen LogP contribution in [0.15, 0.2) is 23.2 Å². The van der Waals surface area contributed by atoms with Crippen molar-refractivity contribution >= 4 is 15.8 Å². The highest BCUT2D eigenvalue weighted by Crippen LogP contribution is 2.16. The van der Waals surface area contributed by atoms with Crippen LogP contribution in [0.2, 0.25) is 0 Å². The number of nitrogens with one attached hydrogen (secondary N) is 1. The van der Waals surface area contributed by atoms with Gasteiger partial charge in [-0.05, 0) is 31.4 Å². The lowest BCUT2D eigenvalue weighted by molar-refractivity contribution is 0.482. The number of hydrogen-bond donors (Lipinski definition) is 2. The lowest BCUT2D eigenvalue weighted by Crippen LogP contribution is -2.34. The van der Waals surface area contributed by atoms with Crippen LogP contribution < -0.4 is 10.5 Å². The highest BCUT2D eigenvalue weighted by molar-refractivity contribution is 7.89. The Bertz CT molecular complexity index is 471. The van der Waals surface area contributed by atoms with Crippen LogP contribution in [0.1, 0.15) is 27.2 Å². The second-order valence-corrected chi connectivity index (χ2v) is 6.22. The summed E-state index contributed by atoms with van der Waals surface area (Å²) < 4.78 is 26.6. The van der Waals surface area contributed by atoms with Gasteiger partial charge in [0, 0.05) is 12.2 Å². The molecule has 1 aromatic heterocycles. The van der Waals surface area contributed by atoms with E-state index in [1.165, 1.54) is 12.3 Å². The summed E-state index contributed by atoms with van der Waals surface area (Å²) in [6.07, 6.45) is 2.24. The molecular weight excluding hydrogens is 238 g/mol. The average Bonchev–Trinajstić information content (AvgIpc) is 2.15. The van der Waals surface area contributed by atoms with E-state index in [2.05, 4.69) is 9.71 Å². The molecule has 0 saturated carbocycles. The summed E-state index contributed by atoms with van der Waals surface area (Å²) in [6, 6.07) is 2.88. The van der Waals surface area contributed by atoms with Gasteiger partial charge in [-0.2, -0.15) is 0 Å². The molecule has 1 aromatic rings. The normalized spacial score (nSPS) is 13.9. The van der Waals surface area contributed by atoms with Gasteiger partial charge in [-0.3, -0.25) is 0 Å². The molecule has 0 aliphatic rings. The SMILES string of the molecule is CC(C)CC(C)NS(=O)(=O)c1cccnc1N. The molecule has 1 heterocycles. The molecule has 5 nitrogen and oxygen atoms in total. The average molecular weight is 257 g/mol. The van der Waals surface area contributed by atoms with Gasteiger partial charge in [-0.15, -0.1) is 0 Å². The van der Waals surface area contributed by atoms with Crippen molar-refractivity contribution in [2.24, 2.45) is 5.92 Å². The number of nitrogens with zero attached hydrogens (tertiary/aromatic N) is 1. The molecule has 0 aliphatic carbocycles. The predicted molar refractivity (Wildman–Crippen MR) is 67.9 cm³/mol. The summed E-state index contributed by atoms with van der Waals surface area (Å²) in [5, 5.41) is 0. The lowest BCUT2D eigenvalue weighted by Gasteiger charge is -2.16. The van der Waals surface area contributed by atoms with Gasteiger partial charge in [-0.1, -0.05) is 13.8 Å². The first-order valence-electron chi connectivity index (χ1n) is 5.55. The van der Waals surface area contributed by atoms with E-state index in [9.17, 15) is 8.42 Å². The Hall–Kier alpha value is -1.14. The Morgan fingerprint density at radius 1 is 1.41 bits per heavy atom. The number of nitrogen functional groups attached to an aromatic ring is 1. The van der Waals surface area contributed by atoms with Crippen LogP contribution in [0.4, 0.5) is 5.82 Å². The van der Waals surface area contributed by atoms with Gasteiger partial charge in [0.25, 0.3) is 0 Å². The largest absolute Gasteiger partial charge is 0.383 e. The Morgan fingerprint density at radius 3 is 2.59 bits per heavy atom. The van der Waals surface area contributed by atoms with Crippen LogP contribution in [-0.2, 0) is 10.0 Å². The summed E-state index contributed by atoms with van der Waals surface area (Å²) >= 11 is 0. The van der Waals surface area contributed by atoms with E-state index in [1.807, 2.05) is 20.8 Å². The maximum atomic E-state index is 12.0. The molecule has 6 heteroatoms. The molecule has 17 heavy (non-hydrogen) atoms. The maximum Gasteiger partial charge on any atom is 0.244 e. The van der Waals surface area contributed by atoms with Gasteiger partial charge in [-0.25, -0.2) is 18.1 Å². The fourth-order valence-corrected chi connectivity index (χ4v) is 3.05. The molecule has 0 spiro atoms. The van der Waals surface area contributed by atoms with Crippen LogP contribution in [0, 0.1) is 5.92 Å². The minimum atomic E-state index is -3.57. The lowest BCUT2D eigenvalue weighted by atomic mass is 10.1. The quantitative estimate of drug-likeness (QED) is 0.834. The van der Waals surface area contributed by atoms with Crippen molar-refractivity contribution in [1.29, 1.82) is 0 Å². The molecule has 0 aromatic carbocycles. The molecule has 96 valence electrons. The fraction of sp³-hybridized carbons (Fsp3) is 0.545. The molecule has 1 rings (SSSR count). The van der Waals surface area contributed by atoms with Crippen molar-refractivity contribution in [2.45, 2.75) is 38.1 Å². The molecule has 1 unspecified atom stereocenters. The molecule has 3 N–H and O–H groups in total. The third kappa shape index (κ3) is 3.98. The monoisotopic (exact) mass is 257 g/mol. The molecular formula is C11H19N3O2S. The van der Waals surface area contributed by atoms with Crippen molar-refractivity contribution in [1.82, 2.24) is 9.71 Å². The number of pyridine rings is 1. The number of anilines is 1. The van der Waals surface area contributed by atoms with Crippen LogP contribution >= 0.6 is 0 Å². The molecule has 1 atom stereocenters. The third-order valence-electron chi connectivity index (χ3n) is 2.27. The second kappa shape index (κ2) is 5.46. The number of sulfonamides is 1. The topological polar surface area (TPSA) is 85.1 Å². The highest BCUT2D eigenvalue weighted by atomic mass is 32.2. The maximum absolute atomic E-state index is 12.0. The number of aromatic nitrogens is 1. The van der Waals surface area contributed by atoms with Gasteiger partial charge < -0.3 is 5.73 Å². The van der Waals surface area contributed by atoms with Crippen molar-refractivity contribution < 1.29 is 8.42 Å². The van der Waals surface area contributed by atoms with Gasteiger partial charge >= 0.3 is 0 Å². The summed E-state index contributed by atoms with van der Waals surface area (Å²) in [4.78, 5) is 3.81. The molecule has 0 radical (unpaired) electrons. The van der Waals surface area contributed by atoms with Gasteiger partial charge in [0.05, 0.1) is 0 Å². The Kier molecular flexibility index (Phi) is 4.47. The minimum Gasteiger partial charge on any atom is -0.383 e. The van der Waals surface area contributed by atoms with Gasteiger partial charge in [0.15, 0.2) is 0 Å². The van der Waals surface area contributed by atoms with E-state index in [0.29, 0.717) is 5.92 Å². The third-order valence-corrected chi connectivity index (χ3v) is 3.91. The van der Waals surface area contributed by atoms with Crippen molar-refractivity contribution in [3.63, 3.8) is 0 Å². The summed E-state index contributed by atoms with van der Waals surface area (Å²) in [5.41, 5.74) is 5.55. The molecule has 0 fully saturated rings. The van der Waals surface area contributed by atoms with Crippen LogP contribution in [0.25, 0.3) is 0 Å². The molecule has 0 amide bonds. The first kappa shape index (κ1) is 13.9. The first-order valence-corrected chi connectivity index (χ1v) is 7.04. The van der Waals surface area contributed by atoms with Crippen LogP contribution in [0.3, 0.4) is 0 Å². The number of nitrogens with two attached hydrogens (primary N) is 1. The smallest absolute Gasteiger partial charge is 0.244 e. The van der Waals surface area contributed by atoms with Crippen molar-refractivity contribution in [3.8, 4) is 0 Å². The van der Waals surface area contributed by atoms with Crippen molar-refractivity contribution in [3.05, 3.63) is 18.3 Å². The molecule has 0 aliphatic heterocycles. The first-order chi connectivity index (χ1) is 7.83. The molecule has 0 saturated heterocycles. The summed E-state index contributed by atoms with van der Waals surface area (Å²) in [7, 11) is -3.57. The zero-order chi connectivity index (χ0) is 13.1. The zero-order valence-electron chi connectivity index (χ0n) is 10.3. The summed E-state index contributed by atoms with van der Waals surface area (Å²) in [5.74, 6) is 0.454. The van der Waals surface area contributed by atoms with Crippen molar-refractivity contribution in [2.75, 3.05) is 5.73 Å². The van der Waals surface area contributed by atoms with E-state index < -0.39 is 10.0 Å². The van der Waals surface area contributed by atoms with Gasteiger partial charge in [0.2, 0.25) is 10.0 Å². The predicted octanol–water partition coefficient (Wildman–Crippen LogP) is 1.38. The zero-order valence-corrected chi connectivity index (χ0v) is 11.2. The van der Waals surface area contributed by atoms with Crippen LogP contribution in [0.5, 0.6) is 0 Å². The Labute approximate surface area is 102 Å². The second-order valence-electron chi connectivity index (χ2n) is 4.54. The molecule has 0 bridgehead atoms. The highest BCUT2D eigenvalue weighted by Gasteiger charge is 2.20. The number of hydrogen-bond acceptors (Lipinski definition) is 4. The van der Waals surface area contributed by atoms with E-state index in [4.69, 9.17) is 5.73 Å². The van der Waals surface area contributed by atoms with Gasteiger partial charge in [0.1, 0.15) is 10.7 Å². The van der Waals surface area contributed by atoms with Crippen LogP contribution in [-0.4, -0.2) is 19.4 Å². The fourth-order valence-electron chi connectivity index (χ4n) is 1.71. The Balaban J connectivity index is 2.86. The van der Waals surface area contributed by atoms with E-state index in [1.54, 1.807) is 6.07 Å². The number of rotatable bonds is 5. The van der Waals surface area contributed by atoms with E-state index in [0.717, 1.165) is 6.42 Å². The minimum absolute atomic E-state index is 0.0248. The van der Waals surface area contributed by atoms with E-state index >= 15 is 0 Å². The standard InChI is InChI=1S/C11H19N3O2S/c1-8(2)7-9(3)14-17(15,16)10-5-4-6-13-11(10)12/h4-6,8-9,14H,7H2,1-3H3,(H2,12,13).